The average Bonchev–Trinajstić information content (AvgIpc) is 2.78. The van der Waals surface area contributed by atoms with Crippen LogP contribution >= 0.6 is 0 Å². The van der Waals surface area contributed by atoms with Crippen molar-refractivity contribution < 1.29 is 14.7 Å². The molecule has 1 aliphatic rings. The Morgan fingerprint density at radius 1 is 1.25 bits per heavy atom. The third kappa shape index (κ3) is 2.05. The van der Waals surface area contributed by atoms with Gasteiger partial charge in [-0.05, 0) is 18.6 Å². The zero-order valence-corrected chi connectivity index (χ0v) is 8.80. The highest BCUT2D eigenvalue weighted by Crippen LogP contribution is 2.18. The highest BCUT2D eigenvalue weighted by molar-refractivity contribution is 5.94. The third-order valence-electron chi connectivity index (χ3n) is 2.85. The number of carboxylic acid groups (broad SMARTS) is 1. The number of nitrogens with zero attached hydrogens (tertiary/aromatic N) is 1. The molecular weight excluding hydrogens is 206 g/mol. The Morgan fingerprint density at radius 2 is 1.94 bits per heavy atom. The van der Waals surface area contributed by atoms with Gasteiger partial charge in [0.05, 0.1) is 5.92 Å². The van der Waals surface area contributed by atoms with E-state index in [0.717, 1.165) is 0 Å². The van der Waals surface area contributed by atoms with Crippen LogP contribution < -0.4 is 0 Å². The smallest absolute Gasteiger partial charge is 0.308 e. The first-order valence-electron chi connectivity index (χ1n) is 5.25. The summed E-state index contributed by atoms with van der Waals surface area (Å²) in [5.41, 5.74) is 0.619. The molecule has 0 aliphatic carbocycles. The number of amides is 1. The highest BCUT2D eigenvalue weighted by atomic mass is 16.4. The molecule has 0 saturated carbocycles. The van der Waals surface area contributed by atoms with Crippen molar-refractivity contribution in [1.82, 2.24) is 4.90 Å². The van der Waals surface area contributed by atoms with E-state index in [1.807, 2.05) is 6.07 Å². The molecule has 84 valence electrons. The topological polar surface area (TPSA) is 57.6 Å². The first kappa shape index (κ1) is 10.7. The summed E-state index contributed by atoms with van der Waals surface area (Å²) in [5, 5.41) is 8.85. The van der Waals surface area contributed by atoms with Gasteiger partial charge < -0.3 is 10.0 Å². The van der Waals surface area contributed by atoms with Gasteiger partial charge in [0.15, 0.2) is 0 Å². The summed E-state index contributed by atoms with van der Waals surface area (Å²) in [6, 6.07) is 8.95. The minimum Gasteiger partial charge on any atom is -0.481 e. The molecule has 0 aromatic heterocycles. The Labute approximate surface area is 93.5 Å². The number of likely N-dealkylation sites (tertiary alicyclic amines) is 1. The molecule has 4 heteroatoms. The van der Waals surface area contributed by atoms with Crippen LogP contribution in [0, 0.1) is 5.92 Å². The van der Waals surface area contributed by atoms with Crippen LogP contribution in [0.5, 0.6) is 0 Å². The van der Waals surface area contributed by atoms with Crippen molar-refractivity contribution in [3.05, 3.63) is 35.9 Å². The van der Waals surface area contributed by atoms with Gasteiger partial charge >= 0.3 is 5.97 Å². The van der Waals surface area contributed by atoms with Gasteiger partial charge in [-0.1, -0.05) is 18.2 Å². The monoisotopic (exact) mass is 219 g/mol. The molecule has 4 nitrogen and oxygen atoms in total. The second-order valence-corrected chi connectivity index (χ2v) is 3.94. The van der Waals surface area contributed by atoms with Crippen molar-refractivity contribution >= 4 is 11.9 Å². The maximum atomic E-state index is 11.9. The maximum Gasteiger partial charge on any atom is 0.308 e. The summed E-state index contributed by atoms with van der Waals surface area (Å²) in [7, 11) is 0. The van der Waals surface area contributed by atoms with Crippen molar-refractivity contribution in [1.29, 1.82) is 0 Å². The fourth-order valence-corrected chi connectivity index (χ4v) is 1.91. The van der Waals surface area contributed by atoms with Crippen LogP contribution in [0.4, 0.5) is 0 Å². The van der Waals surface area contributed by atoms with Crippen LogP contribution in [0.25, 0.3) is 0 Å². The van der Waals surface area contributed by atoms with Crippen LogP contribution in [0.3, 0.4) is 0 Å². The van der Waals surface area contributed by atoms with E-state index in [-0.39, 0.29) is 5.91 Å². The van der Waals surface area contributed by atoms with Crippen LogP contribution in [-0.2, 0) is 4.79 Å². The number of aliphatic carboxylic acids is 1. The number of benzene rings is 1. The Kier molecular flexibility index (Phi) is 2.90. The highest BCUT2D eigenvalue weighted by Gasteiger charge is 2.30. The second-order valence-electron chi connectivity index (χ2n) is 3.94. The van der Waals surface area contributed by atoms with E-state index in [1.165, 1.54) is 0 Å². The number of carbonyl (C=O) groups excluding carboxylic acids is 1. The number of carbonyl (C=O) groups is 2. The summed E-state index contributed by atoms with van der Waals surface area (Å²) in [6.07, 6.45) is 0.550. The molecule has 0 spiro atoms. The molecule has 1 aromatic carbocycles. The van der Waals surface area contributed by atoms with Crippen molar-refractivity contribution in [2.75, 3.05) is 13.1 Å². The van der Waals surface area contributed by atoms with Crippen molar-refractivity contribution in [3.63, 3.8) is 0 Å². The molecule has 1 amide bonds. The van der Waals surface area contributed by atoms with E-state index >= 15 is 0 Å². The summed E-state index contributed by atoms with van der Waals surface area (Å²) in [4.78, 5) is 24.3. The number of rotatable bonds is 2. The molecule has 1 unspecified atom stereocenters. The predicted octanol–water partition coefficient (Wildman–Crippen LogP) is 1.23. The van der Waals surface area contributed by atoms with Crippen LogP contribution in [0.2, 0.25) is 0 Å². The van der Waals surface area contributed by atoms with E-state index in [2.05, 4.69) is 0 Å². The van der Waals surface area contributed by atoms with E-state index in [4.69, 9.17) is 5.11 Å². The first-order valence-corrected chi connectivity index (χ1v) is 5.25. The molecule has 0 radical (unpaired) electrons. The van der Waals surface area contributed by atoms with E-state index in [9.17, 15) is 9.59 Å². The fraction of sp³-hybridized carbons (Fsp3) is 0.333. The lowest BCUT2D eigenvalue weighted by Crippen LogP contribution is -2.29. The van der Waals surface area contributed by atoms with Crippen LogP contribution in [0.15, 0.2) is 30.3 Å². The number of carboxylic acids is 1. The molecule has 1 fully saturated rings. The van der Waals surface area contributed by atoms with E-state index < -0.39 is 11.9 Å². The molecule has 16 heavy (non-hydrogen) atoms. The minimum absolute atomic E-state index is 0.0793. The minimum atomic E-state index is -0.816. The molecule has 1 N–H and O–H groups in total. The Hall–Kier alpha value is -1.84. The zero-order chi connectivity index (χ0) is 11.5. The average molecular weight is 219 g/mol. The Bertz CT molecular complexity index is 402. The van der Waals surface area contributed by atoms with Crippen LogP contribution in [0.1, 0.15) is 16.8 Å². The normalized spacial score (nSPS) is 19.8. The lowest BCUT2D eigenvalue weighted by molar-refractivity contribution is -0.141. The largest absolute Gasteiger partial charge is 0.481 e. The van der Waals surface area contributed by atoms with Crippen molar-refractivity contribution in [3.8, 4) is 0 Å². The van der Waals surface area contributed by atoms with Gasteiger partial charge in [-0.15, -0.1) is 0 Å². The molecule has 1 aromatic rings. The van der Waals surface area contributed by atoms with Gasteiger partial charge in [0.25, 0.3) is 5.91 Å². The molecule has 1 heterocycles. The zero-order valence-electron chi connectivity index (χ0n) is 8.80. The van der Waals surface area contributed by atoms with Crippen molar-refractivity contribution in [2.45, 2.75) is 6.42 Å². The summed E-state index contributed by atoms with van der Waals surface area (Å²) >= 11 is 0. The van der Waals surface area contributed by atoms with Crippen LogP contribution in [-0.4, -0.2) is 35.0 Å². The third-order valence-corrected chi connectivity index (χ3v) is 2.85. The van der Waals surface area contributed by atoms with E-state index in [1.54, 1.807) is 29.2 Å². The van der Waals surface area contributed by atoms with Gasteiger partial charge in [0.2, 0.25) is 0 Å². The lowest BCUT2D eigenvalue weighted by Gasteiger charge is -2.15. The Balaban J connectivity index is 2.05. The first-order chi connectivity index (χ1) is 7.68. The van der Waals surface area contributed by atoms with Gasteiger partial charge in [0, 0.05) is 18.7 Å². The molecule has 1 saturated heterocycles. The van der Waals surface area contributed by atoms with Gasteiger partial charge in [-0.25, -0.2) is 0 Å². The molecule has 2 rings (SSSR count). The maximum absolute atomic E-state index is 11.9. The molecule has 1 aliphatic heterocycles. The standard InChI is InChI=1S/C12H13NO3/c14-11(9-4-2-1-3-5-9)13-7-6-10(8-13)12(15)16/h1-5,10H,6-8H2,(H,15,16). The quantitative estimate of drug-likeness (QED) is 0.814. The van der Waals surface area contributed by atoms with Gasteiger partial charge in [-0.2, -0.15) is 0 Å². The molecule has 1 atom stereocenters. The summed E-state index contributed by atoms with van der Waals surface area (Å²) in [6.45, 7) is 0.855. The molecular formula is C12H13NO3. The SMILES string of the molecule is O=C(O)C1CCN(C(=O)c2ccccc2)C1. The summed E-state index contributed by atoms with van der Waals surface area (Å²) < 4.78 is 0. The van der Waals surface area contributed by atoms with Crippen molar-refractivity contribution in [2.24, 2.45) is 5.92 Å². The predicted molar refractivity (Wildman–Crippen MR) is 58.1 cm³/mol. The van der Waals surface area contributed by atoms with E-state index in [0.29, 0.717) is 25.1 Å². The van der Waals surface area contributed by atoms with Gasteiger partial charge in [-0.3, -0.25) is 9.59 Å². The van der Waals surface area contributed by atoms with Gasteiger partial charge in [0.1, 0.15) is 0 Å². The fourth-order valence-electron chi connectivity index (χ4n) is 1.91. The lowest BCUT2D eigenvalue weighted by atomic mass is 10.1. The Morgan fingerprint density at radius 3 is 2.50 bits per heavy atom. The number of hydrogen-bond donors (Lipinski definition) is 1. The second kappa shape index (κ2) is 4.35. The summed E-state index contributed by atoms with van der Waals surface area (Å²) in [5.74, 6) is -1.31. The molecule has 0 bridgehead atoms. The number of hydrogen-bond acceptors (Lipinski definition) is 2.